The average molecular weight is 278 g/mol. The molecule has 1 nitrogen and oxygen atoms in total. The SMILES string of the molecule is Cc1cccc(C(CNCC(C)C)C[Si](C)(C)C)c1. The first-order valence-electron chi connectivity index (χ1n) is 7.55. The van der Waals surface area contributed by atoms with Crippen LogP contribution in [0.2, 0.25) is 25.7 Å². The summed E-state index contributed by atoms with van der Waals surface area (Å²) in [5, 5.41) is 3.65. The minimum atomic E-state index is -1.04. The minimum Gasteiger partial charge on any atom is -0.316 e. The van der Waals surface area contributed by atoms with Crippen LogP contribution in [0.4, 0.5) is 0 Å². The van der Waals surface area contributed by atoms with E-state index in [1.165, 1.54) is 17.2 Å². The molecule has 0 aromatic heterocycles. The lowest BCUT2D eigenvalue weighted by Gasteiger charge is -2.26. The topological polar surface area (TPSA) is 12.0 Å². The van der Waals surface area contributed by atoms with Gasteiger partial charge in [-0.1, -0.05) is 63.3 Å². The molecule has 0 spiro atoms. The van der Waals surface area contributed by atoms with Crippen molar-refractivity contribution in [1.82, 2.24) is 5.32 Å². The van der Waals surface area contributed by atoms with Gasteiger partial charge in [0.2, 0.25) is 0 Å². The van der Waals surface area contributed by atoms with E-state index in [-0.39, 0.29) is 0 Å². The number of hydrogen-bond donors (Lipinski definition) is 1. The molecule has 0 bridgehead atoms. The van der Waals surface area contributed by atoms with Crippen molar-refractivity contribution in [3.8, 4) is 0 Å². The highest BCUT2D eigenvalue weighted by Gasteiger charge is 2.21. The van der Waals surface area contributed by atoms with Crippen LogP contribution in [0, 0.1) is 12.8 Å². The molecule has 19 heavy (non-hydrogen) atoms. The fourth-order valence-electron chi connectivity index (χ4n) is 2.52. The van der Waals surface area contributed by atoms with Gasteiger partial charge in [-0.25, -0.2) is 0 Å². The van der Waals surface area contributed by atoms with E-state index in [1.54, 1.807) is 0 Å². The van der Waals surface area contributed by atoms with E-state index >= 15 is 0 Å². The molecule has 2 heteroatoms. The maximum absolute atomic E-state index is 3.65. The Morgan fingerprint density at radius 1 is 1.11 bits per heavy atom. The summed E-state index contributed by atoms with van der Waals surface area (Å²) >= 11 is 0. The van der Waals surface area contributed by atoms with Crippen molar-refractivity contribution in [3.63, 3.8) is 0 Å². The highest BCUT2D eigenvalue weighted by molar-refractivity contribution is 6.76. The highest BCUT2D eigenvalue weighted by atomic mass is 28.3. The third kappa shape index (κ3) is 6.93. The predicted molar refractivity (Wildman–Crippen MR) is 89.8 cm³/mol. The lowest BCUT2D eigenvalue weighted by molar-refractivity contribution is 0.527. The van der Waals surface area contributed by atoms with E-state index in [0.29, 0.717) is 5.92 Å². The lowest BCUT2D eigenvalue weighted by atomic mass is 9.99. The van der Waals surface area contributed by atoms with E-state index in [1.807, 2.05) is 0 Å². The molecule has 1 atom stereocenters. The zero-order valence-corrected chi connectivity index (χ0v) is 14.6. The van der Waals surface area contributed by atoms with Crippen LogP contribution in [-0.4, -0.2) is 21.2 Å². The first-order valence-corrected chi connectivity index (χ1v) is 11.3. The largest absolute Gasteiger partial charge is 0.316 e. The van der Waals surface area contributed by atoms with Gasteiger partial charge >= 0.3 is 0 Å². The zero-order valence-electron chi connectivity index (χ0n) is 13.6. The smallest absolute Gasteiger partial charge is 0.0449 e. The van der Waals surface area contributed by atoms with Crippen LogP contribution in [0.5, 0.6) is 0 Å². The summed E-state index contributed by atoms with van der Waals surface area (Å²) in [6, 6.07) is 10.4. The molecule has 0 saturated heterocycles. The summed E-state index contributed by atoms with van der Waals surface area (Å²) in [5.41, 5.74) is 2.89. The molecule has 0 amide bonds. The molecule has 0 fully saturated rings. The Kier molecular flexibility index (Phi) is 6.28. The maximum Gasteiger partial charge on any atom is 0.0449 e. The summed E-state index contributed by atoms with van der Waals surface area (Å²) in [5.74, 6) is 1.40. The quantitative estimate of drug-likeness (QED) is 0.715. The second-order valence-corrected chi connectivity index (χ2v) is 13.0. The van der Waals surface area contributed by atoms with Gasteiger partial charge < -0.3 is 5.32 Å². The molecule has 1 N–H and O–H groups in total. The monoisotopic (exact) mass is 277 g/mol. The van der Waals surface area contributed by atoms with Gasteiger partial charge in [-0.2, -0.15) is 0 Å². The molecule has 0 aliphatic carbocycles. The highest BCUT2D eigenvalue weighted by Crippen LogP contribution is 2.26. The van der Waals surface area contributed by atoms with E-state index < -0.39 is 8.07 Å². The third-order valence-corrected chi connectivity index (χ3v) is 5.03. The number of hydrogen-bond acceptors (Lipinski definition) is 1. The van der Waals surface area contributed by atoms with Crippen molar-refractivity contribution in [2.75, 3.05) is 13.1 Å². The van der Waals surface area contributed by atoms with E-state index in [0.717, 1.165) is 19.0 Å². The van der Waals surface area contributed by atoms with Crippen molar-refractivity contribution in [2.24, 2.45) is 5.92 Å². The second kappa shape index (κ2) is 7.25. The van der Waals surface area contributed by atoms with Crippen molar-refractivity contribution < 1.29 is 0 Å². The van der Waals surface area contributed by atoms with Crippen LogP contribution in [0.3, 0.4) is 0 Å². The van der Waals surface area contributed by atoms with Gasteiger partial charge in [0.15, 0.2) is 0 Å². The molecule has 1 unspecified atom stereocenters. The Labute approximate surface area is 120 Å². The normalized spacial score (nSPS) is 13.8. The molecular weight excluding hydrogens is 246 g/mol. The summed E-state index contributed by atoms with van der Waals surface area (Å²) in [6.45, 7) is 16.4. The van der Waals surface area contributed by atoms with E-state index in [2.05, 4.69) is 70.0 Å². The average Bonchev–Trinajstić information content (AvgIpc) is 2.25. The van der Waals surface area contributed by atoms with Crippen molar-refractivity contribution >= 4 is 8.07 Å². The molecule has 0 aliphatic rings. The first kappa shape index (κ1) is 16.5. The Morgan fingerprint density at radius 3 is 2.32 bits per heavy atom. The fourth-order valence-corrected chi connectivity index (χ4v) is 4.38. The van der Waals surface area contributed by atoms with Crippen LogP contribution < -0.4 is 5.32 Å². The Morgan fingerprint density at radius 2 is 1.79 bits per heavy atom. The summed E-state index contributed by atoms with van der Waals surface area (Å²) < 4.78 is 0. The molecule has 0 saturated carbocycles. The van der Waals surface area contributed by atoms with Crippen molar-refractivity contribution in [1.29, 1.82) is 0 Å². The first-order chi connectivity index (χ1) is 8.78. The predicted octanol–water partition coefficient (Wildman–Crippen LogP) is 4.66. The van der Waals surface area contributed by atoms with Gasteiger partial charge in [0.05, 0.1) is 0 Å². The molecule has 1 aromatic carbocycles. The van der Waals surface area contributed by atoms with Crippen molar-refractivity contribution in [3.05, 3.63) is 35.4 Å². The lowest BCUT2D eigenvalue weighted by Crippen LogP contribution is -2.31. The van der Waals surface area contributed by atoms with Crippen LogP contribution >= 0.6 is 0 Å². The Balaban J connectivity index is 2.74. The van der Waals surface area contributed by atoms with Gasteiger partial charge in [-0.05, 0) is 36.9 Å². The van der Waals surface area contributed by atoms with Crippen LogP contribution in [-0.2, 0) is 0 Å². The molecule has 0 heterocycles. The zero-order chi connectivity index (χ0) is 14.5. The van der Waals surface area contributed by atoms with Crippen molar-refractivity contribution in [2.45, 2.75) is 52.4 Å². The van der Waals surface area contributed by atoms with Crippen LogP contribution in [0.15, 0.2) is 24.3 Å². The Bertz CT molecular complexity index is 379. The number of aryl methyl sites for hydroxylation is 1. The summed E-state index contributed by atoms with van der Waals surface area (Å²) in [4.78, 5) is 0. The second-order valence-electron chi connectivity index (χ2n) is 7.43. The van der Waals surface area contributed by atoms with Gasteiger partial charge in [0.1, 0.15) is 0 Å². The summed E-state index contributed by atoms with van der Waals surface area (Å²) in [7, 11) is -1.04. The van der Waals surface area contributed by atoms with Gasteiger partial charge in [-0.15, -0.1) is 0 Å². The standard InChI is InChI=1S/C17H31NSi/c1-14(2)11-18-12-17(13-19(4,5)6)16-9-7-8-15(3)10-16/h7-10,14,17-18H,11-13H2,1-6H3. The number of rotatable bonds is 7. The van der Waals surface area contributed by atoms with E-state index in [9.17, 15) is 0 Å². The molecule has 1 aromatic rings. The van der Waals surface area contributed by atoms with Gasteiger partial charge in [0.25, 0.3) is 0 Å². The van der Waals surface area contributed by atoms with E-state index in [4.69, 9.17) is 0 Å². The fraction of sp³-hybridized carbons (Fsp3) is 0.647. The van der Waals surface area contributed by atoms with Gasteiger partial charge in [-0.3, -0.25) is 0 Å². The van der Waals surface area contributed by atoms with Crippen LogP contribution in [0.1, 0.15) is 30.9 Å². The molecule has 0 radical (unpaired) electrons. The Hall–Kier alpha value is -0.603. The van der Waals surface area contributed by atoms with Gasteiger partial charge in [0, 0.05) is 14.6 Å². The maximum atomic E-state index is 3.65. The molecular formula is C17H31NSi. The third-order valence-electron chi connectivity index (χ3n) is 3.32. The summed E-state index contributed by atoms with van der Waals surface area (Å²) in [6.07, 6.45) is 0. The number of benzene rings is 1. The molecule has 1 rings (SSSR count). The molecule has 108 valence electrons. The molecule has 0 aliphatic heterocycles. The minimum absolute atomic E-state index is 0.672. The number of nitrogens with one attached hydrogen (secondary N) is 1. The van der Waals surface area contributed by atoms with Crippen LogP contribution in [0.25, 0.3) is 0 Å².